The molecular weight excluding hydrogens is 252 g/mol. The molecule has 0 aromatic rings. The van der Waals surface area contributed by atoms with E-state index in [4.69, 9.17) is 0 Å². The second-order valence-corrected chi connectivity index (χ2v) is 6.69. The highest BCUT2D eigenvalue weighted by molar-refractivity contribution is 5.75. The Morgan fingerprint density at radius 2 is 1.95 bits per heavy atom. The van der Waals surface area contributed by atoms with Crippen LogP contribution in [0.25, 0.3) is 0 Å². The monoisotopic (exact) mass is 282 g/mol. The Bertz CT molecular complexity index is 295. The van der Waals surface area contributed by atoms with E-state index in [1.54, 1.807) is 0 Å². The van der Waals surface area contributed by atoms with Crippen molar-refractivity contribution in [1.82, 2.24) is 10.6 Å². The zero-order valence-electron chi connectivity index (χ0n) is 12.6. The Morgan fingerprint density at radius 3 is 2.60 bits per heavy atom. The predicted molar refractivity (Wildman–Crippen MR) is 80.4 cm³/mol. The van der Waals surface area contributed by atoms with Crippen LogP contribution in [-0.4, -0.2) is 37.3 Å². The van der Waals surface area contributed by atoms with E-state index >= 15 is 0 Å². The fourth-order valence-electron chi connectivity index (χ4n) is 3.76. The molecule has 2 fully saturated rings. The molecule has 0 bridgehead atoms. The lowest BCUT2D eigenvalue weighted by atomic mass is 9.83. The number of piperidine rings is 1. The Kier molecular flexibility index (Phi) is 6.30. The summed E-state index contributed by atoms with van der Waals surface area (Å²) in [5, 5.41) is 15.7. The first-order valence-corrected chi connectivity index (χ1v) is 8.32. The molecule has 1 aliphatic heterocycles. The van der Waals surface area contributed by atoms with Crippen LogP contribution in [0.4, 0.5) is 0 Å². The average Bonchev–Trinajstić information content (AvgIpc) is 2.93. The van der Waals surface area contributed by atoms with Crippen LogP contribution in [0.5, 0.6) is 0 Å². The van der Waals surface area contributed by atoms with Gasteiger partial charge in [-0.25, -0.2) is 0 Å². The number of aliphatic hydroxyl groups excluding tert-OH is 1. The lowest BCUT2D eigenvalue weighted by molar-refractivity contribution is -0.122. The molecule has 4 heteroatoms. The maximum absolute atomic E-state index is 12.0. The summed E-state index contributed by atoms with van der Waals surface area (Å²) in [6, 6.07) is 0. The molecule has 0 radical (unpaired) electrons. The summed E-state index contributed by atoms with van der Waals surface area (Å²) in [6.45, 7) is 3.21. The van der Waals surface area contributed by atoms with Gasteiger partial charge in [-0.15, -0.1) is 0 Å². The molecule has 2 aliphatic rings. The van der Waals surface area contributed by atoms with E-state index in [-0.39, 0.29) is 17.9 Å². The number of carbonyl (C=O) groups is 1. The van der Waals surface area contributed by atoms with Crippen LogP contribution in [0.2, 0.25) is 0 Å². The molecule has 1 amide bonds. The number of carbonyl (C=O) groups excluding carboxylic acids is 1. The smallest absolute Gasteiger partial charge is 0.220 e. The van der Waals surface area contributed by atoms with Gasteiger partial charge >= 0.3 is 0 Å². The summed E-state index contributed by atoms with van der Waals surface area (Å²) >= 11 is 0. The summed E-state index contributed by atoms with van der Waals surface area (Å²) in [5.74, 6) is 0.924. The van der Waals surface area contributed by atoms with Gasteiger partial charge < -0.3 is 15.7 Å². The van der Waals surface area contributed by atoms with Crippen molar-refractivity contribution in [1.29, 1.82) is 0 Å². The van der Waals surface area contributed by atoms with Crippen LogP contribution in [0.3, 0.4) is 0 Å². The molecule has 4 nitrogen and oxygen atoms in total. The number of nitrogens with one attached hydrogen (secondary N) is 2. The third-order valence-electron chi connectivity index (χ3n) is 5.21. The minimum Gasteiger partial charge on any atom is -0.396 e. The molecule has 0 aromatic carbocycles. The highest BCUT2D eigenvalue weighted by Gasteiger charge is 2.33. The Labute approximate surface area is 122 Å². The lowest BCUT2D eigenvalue weighted by Crippen LogP contribution is -2.37. The number of aliphatic hydroxyl groups is 1. The molecule has 0 aromatic heterocycles. The minimum absolute atomic E-state index is 0.180. The summed E-state index contributed by atoms with van der Waals surface area (Å²) in [5.41, 5.74) is 0.180. The van der Waals surface area contributed by atoms with E-state index in [9.17, 15) is 9.90 Å². The Balaban J connectivity index is 1.65. The summed E-state index contributed by atoms with van der Waals surface area (Å²) in [6.07, 6.45) is 9.74. The van der Waals surface area contributed by atoms with Gasteiger partial charge in [0.25, 0.3) is 0 Å². The third kappa shape index (κ3) is 4.74. The van der Waals surface area contributed by atoms with Crippen LogP contribution in [0, 0.1) is 11.3 Å². The summed E-state index contributed by atoms with van der Waals surface area (Å²) in [7, 11) is 0. The van der Waals surface area contributed by atoms with E-state index in [0.717, 1.165) is 51.2 Å². The topological polar surface area (TPSA) is 61.4 Å². The van der Waals surface area contributed by atoms with Crippen LogP contribution in [0.1, 0.15) is 57.8 Å². The predicted octanol–water partition coefficient (Wildman–Crippen LogP) is 1.83. The Morgan fingerprint density at radius 1 is 1.25 bits per heavy atom. The van der Waals surface area contributed by atoms with Gasteiger partial charge in [-0.3, -0.25) is 4.79 Å². The van der Waals surface area contributed by atoms with Crippen molar-refractivity contribution in [2.75, 3.05) is 26.2 Å². The van der Waals surface area contributed by atoms with Crippen molar-refractivity contribution >= 4 is 5.91 Å². The second kappa shape index (κ2) is 7.99. The van der Waals surface area contributed by atoms with Crippen LogP contribution in [-0.2, 0) is 4.79 Å². The summed E-state index contributed by atoms with van der Waals surface area (Å²) in [4.78, 5) is 12.0. The van der Waals surface area contributed by atoms with Gasteiger partial charge in [0, 0.05) is 19.6 Å². The fourth-order valence-corrected chi connectivity index (χ4v) is 3.76. The van der Waals surface area contributed by atoms with E-state index in [1.807, 2.05) is 0 Å². The SMILES string of the molecule is O=C(CCC1CCNCC1)NCC1(CCO)CCCC1. The first-order valence-electron chi connectivity index (χ1n) is 8.32. The zero-order valence-corrected chi connectivity index (χ0v) is 12.6. The molecule has 1 saturated heterocycles. The molecule has 1 heterocycles. The maximum Gasteiger partial charge on any atom is 0.220 e. The van der Waals surface area contributed by atoms with Crippen LogP contribution < -0.4 is 10.6 Å². The molecule has 116 valence electrons. The first kappa shape index (κ1) is 15.8. The number of amides is 1. The van der Waals surface area contributed by atoms with Gasteiger partial charge in [0.15, 0.2) is 0 Å². The second-order valence-electron chi connectivity index (χ2n) is 6.69. The molecule has 3 N–H and O–H groups in total. The van der Waals surface area contributed by atoms with Gasteiger partial charge in [-0.2, -0.15) is 0 Å². The molecular formula is C16H30N2O2. The van der Waals surface area contributed by atoms with Gasteiger partial charge in [-0.1, -0.05) is 12.8 Å². The van der Waals surface area contributed by atoms with Crippen molar-refractivity contribution < 1.29 is 9.90 Å². The van der Waals surface area contributed by atoms with E-state index in [2.05, 4.69) is 10.6 Å². The number of hydrogen-bond acceptors (Lipinski definition) is 3. The zero-order chi connectivity index (χ0) is 14.3. The number of rotatable bonds is 7. The van der Waals surface area contributed by atoms with Crippen LogP contribution in [0.15, 0.2) is 0 Å². The highest BCUT2D eigenvalue weighted by atomic mass is 16.3. The average molecular weight is 282 g/mol. The highest BCUT2D eigenvalue weighted by Crippen LogP contribution is 2.40. The molecule has 20 heavy (non-hydrogen) atoms. The fraction of sp³-hybridized carbons (Fsp3) is 0.938. The first-order chi connectivity index (χ1) is 9.74. The largest absolute Gasteiger partial charge is 0.396 e. The van der Waals surface area contributed by atoms with Gasteiger partial charge in [0.1, 0.15) is 0 Å². The quantitative estimate of drug-likeness (QED) is 0.667. The molecule has 2 rings (SSSR count). The van der Waals surface area contributed by atoms with Gasteiger partial charge in [0.05, 0.1) is 0 Å². The van der Waals surface area contributed by atoms with Crippen molar-refractivity contribution in [3.8, 4) is 0 Å². The van der Waals surface area contributed by atoms with Crippen molar-refractivity contribution in [2.24, 2.45) is 11.3 Å². The van der Waals surface area contributed by atoms with E-state index < -0.39 is 0 Å². The van der Waals surface area contributed by atoms with Crippen LogP contribution >= 0.6 is 0 Å². The molecule has 0 spiro atoms. The van der Waals surface area contributed by atoms with E-state index in [0.29, 0.717) is 6.42 Å². The number of hydrogen-bond donors (Lipinski definition) is 3. The molecule has 1 saturated carbocycles. The molecule has 1 aliphatic carbocycles. The van der Waals surface area contributed by atoms with Crippen molar-refractivity contribution in [3.05, 3.63) is 0 Å². The van der Waals surface area contributed by atoms with Gasteiger partial charge in [0.2, 0.25) is 5.91 Å². The lowest BCUT2D eigenvalue weighted by Gasteiger charge is -2.28. The standard InChI is InChI=1S/C16H30N2O2/c19-12-9-16(7-1-2-8-16)13-18-15(20)4-3-14-5-10-17-11-6-14/h14,17,19H,1-13H2,(H,18,20). The van der Waals surface area contributed by atoms with E-state index in [1.165, 1.54) is 25.7 Å². The van der Waals surface area contributed by atoms with Crippen molar-refractivity contribution in [2.45, 2.75) is 57.8 Å². The Hall–Kier alpha value is -0.610. The minimum atomic E-state index is 0.180. The molecule has 0 atom stereocenters. The molecule has 0 unspecified atom stereocenters. The summed E-state index contributed by atoms with van der Waals surface area (Å²) < 4.78 is 0. The van der Waals surface area contributed by atoms with Crippen molar-refractivity contribution in [3.63, 3.8) is 0 Å². The van der Waals surface area contributed by atoms with Gasteiger partial charge in [-0.05, 0) is 62.9 Å². The normalized spacial score (nSPS) is 22.9. The maximum atomic E-state index is 12.0. The third-order valence-corrected chi connectivity index (χ3v) is 5.21.